The van der Waals surface area contributed by atoms with E-state index >= 15 is 0 Å². The average molecular weight is 480 g/mol. The zero-order chi connectivity index (χ0) is 25.7. The van der Waals surface area contributed by atoms with E-state index in [9.17, 15) is 24.3 Å². The van der Waals surface area contributed by atoms with E-state index in [4.69, 9.17) is 19.9 Å². The lowest BCUT2D eigenvalue weighted by Gasteiger charge is -2.28. The number of carbonyl (C=O) groups excluding carboxylic acids is 3. The fourth-order valence-electron chi connectivity index (χ4n) is 3.34. The van der Waals surface area contributed by atoms with Gasteiger partial charge in [-0.1, -0.05) is 33.3 Å². The van der Waals surface area contributed by atoms with Crippen LogP contribution in [-0.4, -0.2) is 40.6 Å². The molecule has 190 valence electrons. The maximum atomic E-state index is 12.1. The number of benzene rings is 1. The predicted molar refractivity (Wildman–Crippen MR) is 125 cm³/mol. The van der Waals surface area contributed by atoms with Crippen LogP contribution in [0.5, 0.6) is 11.5 Å². The van der Waals surface area contributed by atoms with Crippen molar-refractivity contribution in [3.63, 3.8) is 0 Å². The predicted octanol–water partition coefficient (Wildman–Crippen LogP) is 3.93. The number of unbranched alkanes of at least 4 members (excludes halogenated alkanes) is 1. The number of aliphatic carboxylic acids is 1. The van der Waals surface area contributed by atoms with Crippen molar-refractivity contribution in [2.75, 3.05) is 0 Å². The number of rotatable bonds is 15. The lowest BCUT2D eigenvalue weighted by atomic mass is 9.86. The van der Waals surface area contributed by atoms with Crippen LogP contribution in [0.4, 0.5) is 0 Å². The van der Waals surface area contributed by atoms with Crippen LogP contribution in [0.1, 0.15) is 84.6 Å². The van der Waals surface area contributed by atoms with E-state index in [1.807, 2.05) is 20.8 Å². The molecule has 1 unspecified atom stereocenters. The number of ether oxygens (including phenoxy) is 3. The molecule has 1 aromatic carbocycles. The fourth-order valence-corrected chi connectivity index (χ4v) is 3.34. The number of hydrogen-bond acceptors (Lipinski definition) is 8. The molecule has 0 amide bonds. The summed E-state index contributed by atoms with van der Waals surface area (Å²) in [5.74, 6) is -2.54. The second-order valence-electron chi connectivity index (χ2n) is 8.48. The van der Waals surface area contributed by atoms with Crippen molar-refractivity contribution in [2.45, 2.75) is 97.1 Å². The molecule has 3 N–H and O–H groups in total. The molecule has 0 spiro atoms. The minimum Gasteiger partial charge on any atom is -0.480 e. The molecule has 1 aromatic rings. The Bertz CT molecular complexity index is 853. The third kappa shape index (κ3) is 9.91. The highest BCUT2D eigenvalue weighted by atomic mass is 16.6. The summed E-state index contributed by atoms with van der Waals surface area (Å²) in [5, 5.41) is 9.82. The van der Waals surface area contributed by atoms with Crippen molar-refractivity contribution in [2.24, 2.45) is 5.73 Å². The first kappa shape index (κ1) is 29.1. The van der Waals surface area contributed by atoms with Gasteiger partial charge in [0.1, 0.15) is 11.6 Å². The van der Waals surface area contributed by atoms with Gasteiger partial charge in [-0.05, 0) is 43.9 Å². The normalized spacial score (nSPS) is 13.4. The average Bonchev–Trinajstić information content (AvgIpc) is 2.74. The molecular formula is C25H37NO8. The van der Waals surface area contributed by atoms with Gasteiger partial charge < -0.3 is 25.1 Å². The summed E-state index contributed by atoms with van der Waals surface area (Å²) in [4.78, 5) is 48.0. The molecule has 1 rings (SSSR count). The first-order chi connectivity index (χ1) is 16.0. The van der Waals surface area contributed by atoms with E-state index < -0.39 is 35.5 Å². The Kier molecular flexibility index (Phi) is 12.3. The molecule has 0 aliphatic heterocycles. The smallest absolute Gasteiger partial charge is 0.324 e. The van der Waals surface area contributed by atoms with Gasteiger partial charge in [-0.25, -0.2) is 0 Å². The zero-order valence-electron chi connectivity index (χ0n) is 20.6. The van der Waals surface area contributed by atoms with Gasteiger partial charge >= 0.3 is 23.9 Å². The summed E-state index contributed by atoms with van der Waals surface area (Å²) in [6.45, 7) is 7.21. The van der Waals surface area contributed by atoms with Gasteiger partial charge in [0.05, 0.1) is 0 Å². The maximum absolute atomic E-state index is 12.1. The summed E-state index contributed by atoms with van der Waals surface area (Å²) in [5.41, 5.74) is 4.94. The minimum absolute atomic E-state index is 0.0205. The van der Waals surface area contributed by atoms with E-state index in [1.54, 1.807) is 13.0 Å². The van der Waals surface area contributed by atoms with Crippen molar-refractivity contribution in [3.05, 3.63) is 23.8 Å². The van der Waals surface area contributed by atoms with Crippen molar-refractivity contribution < 1.29 is 38.5 Å². The van der Waals surface area contributed by atoms with Crippen LogP contribution in [-0.2, 0) is 30.3 Å². The monoisotopic (exact) mass is 479 g/mol. The SMILES string of the molecule is CCCCC(=O)O[C@@H](C)CC(N)(Cc1ccc(OC(=O)CCC)c(OC(=O)CCC)c1)C(=O)O. The van der Waals surface area contributed by atoms with Gasteiger partial charge in [-0.2, -0.15) is 0 Å². The highest BCUT2D eigenvalue weighted by Gasteiger charge is 2.37. The van der Waals surface area contributed by atoms with Gasteiger partial charge in [0.2, 0.25) is 0 Å². The van der Waals surface area contributed by atoms with Crippen molar-refractivity contribution in [3.8, 4) is 11.5 Å². The second-order valence-corrected chi connectivity index (χ2v) is 8.48. The Hall–Kier alpha value is -2.94. The van der Waals surface area contributed by atoms with Crippen molar-refractivity contribution >= 4 is 23.9 Å². The van der Waals surface area contributed by atoms with Crippen LogP contribution in [0.15, 0.2) is 18.2 Å². The Morgan fingerprint density at radius 2 is 1.50 bits per heavy atom. The maximum Gasteiger partial charge on any atom is 0.324 e. The first-order valence-corrected chi connectivity index (χ1v) is 11.8. The first-order valence-electron chi connectivity index (χ1n) is 11.8. The topological polar surface area (TPSA) is 142 Å². The van der Waals surface area contributed by atoms with Gasteiger partial charge in [0.15, 0.2) is 11.5 Å². The summed E-state index contributed by atoms with van der Waals surface area (Å²) in [6.07, 6.45) is 2.38. The minimum atomic E-state index is -1.74. The number of esters is 3. The highest BCUT2D eigenvalue weighted by Crippen LogP contribution is 2.31. The van der Waals surface area contributed by atoms with E-state index in [2.05, 4.69) is 0 Å². The Balaban J connectivity index is 3.10. The number of carboxylic acids is 1. The zero-order valence-corrected chi connectivity index (χ0v) is 20.6. The largest absolute Gasteiger partial charge is 0.480 e. The van der Waals surface area contributed by atoms with E-state index in [1.165, 1.54) is 12.1 Å². The van der Waals surface area contributed by atoms with Crippen LogP contribution in [0.2, 0.25) is 0 Å². The van der Waals surface area contributed by atoms with Crippen LogP contribution in [0, 0.1) is 0 Å². The molecule has 0 saturated heterocycles. The van der Waals surface area contributed by atoms with Crippen LogP contribution >= 0.6 is 0 Å². The van der Waals surface area contributed by atoms with E-state index in [-0.39, 0.29) is 43.6 Å². The Morgan fingerprint density at radius 1 is 0.912 bits per heavy atom. The van der Waals surface area contributed by atoms with E-state index in [0.717, 1.165) is 6.42 Å². The lowest BCUT2D eigenvalue weighted by Crippen LogP contribution is -2.52. The molecule has 0 aromatic heterocycles. The van der Waals surface area contributed by atoms with Crippen LogP contribution in [0.25, 0.3) is 0 Å². The number of hydrogen-bond donors (Lipinski definition) is 2. The van der Waals surface area contributed by atoms with Gasteiger partial charge in [-0.3, -0.25) is 19.2 Å². The molecule has 0 radical (unpaired) electrons. The molecule has 0 fully saturated rings. The summed E-state index contributed by atoms with van der Waals surface area (Å²) in [7, 11) is 0. The number of carboxylic acid groups (broad SMARTS) is 1. The molecule has 0 heterocycles. The molecule has 2 atom stereocenters. The molecule has 9 heteroatoms. The van der Waals surface area contributed by atoms with Gasteiger partial charge in [-0.15, -0.1) is 0 Å². The fraction of sp³-hybridized carbons (Fsp3) is 0.600. The van der Waals surface area contributed by atoms with Crippen LogP contribution in [0.3, 0.4) is 0 Å². The van der Waals surface area contributed by atoms with E-state index in [0.29, 0.717) is 24.8 Å². The molecule has 0 bridgehead atoms. The lowest BCUT2D eigenvalue weighted by molar-refractivity contribution is -0.153. The number of carbonyl (C=O) groups is 4. The van der Waals surface area contributed by atoms with Gasteiger partial charge in [0, 0.05) is 32.1 Å². The van der Waals surface area contributed by atoms with Crippen LogP contribution < -0.4 is 15.2 Å². The molecule has 0 saturated carbocycles. The number of nitrogens with two attached hydrogens (primary N) is 1. The highest BCUT2D eigenvalue weighted by molar-refractivity contribution is 5.80. The Morgan fingerprint density at radius 3 is 2.03 bits per heavy atom. The van der Waals surface area contributed by atoms with Gasteiger partial charge in [0.25, 0.3) is 0 Å². The second kappa shape index (κ2) is 14.3. The standard InChI is InChI=1S/C25H37NO8/c1-5-8-11-23(29)32-17(4)15-25(26,24(30)31)16-18-12-13-19(33-21(27)9-6-2)20(14-18)34-22(28)10-7-3/h12-14,17H,5-11,15-16,26H2,1-4H3,(H,30,31)/t17-,25?/m0/s1. The van der Waals surface area contributed by atoms with Crippen molar-refractivity contribution in [1.82, 2.24) is 0 Å². The molecule has 0 aliphatic rings. The molecular weight excluding hydrogens is 442 g/mol. The molecule has 0 aliphatic carbocycles. The molecule has 9 nitrogen and oxygen atoms in total. The quantitative estimate of drug-likeness (QED) is 0.282. The summed E-state index contributed by atoms with van der Waals surface area (Å²) in [6, 6.07) is 4.46. The summed E-state index contributed by atoms with van der Waals surface area (Å²) < 4.78 is 16.0. The third-order valence-electron chi connectivity index (χ3n) is 5.03. The van der Waals surface area contributed by atoms with Crippen molar-refractivity contribution in [1.29, 1.82) is 0 Å². The Labute approximate surface area is 200 Å². The summed E-state index contributed by atoms with van der Waals surface area (Å²) >= 11 is 0. The molecule has 34 heavy (non-hydrogen) atoms. The third-order valence-corrected chi connectivity index (χ3v) is 5.03.